The summed E-state index contributed by atoms with van der Waals surface area (Å²) in [6.45, 7) is 0. The average Bonchev–Trinajstić information content (AvgIpc) is 2.68. The predicted octanol–water partition coefficient (Wildman–Crippen LogP) is 3.77. The Hall–Kier alpha value is -0.470. The zero-order valence-corrected chi connectivity index (χ0v) is 9.89. The molecule has 1 aliphatic carbocycles. The van der Waals surface area contributed by atoms with Crippen molar-refractivity contribution in [3.05, 3.63) is 23.1 Å². The van der Waals surface area contributed by atoms with Crippen LogP contribution in [0, 0.1) is 5.92 Å². The molecule has 0 spiro atoms. The minimum Gasteiger partial charge on any atom is -0.453 e. The van der Waals surface area contributed by atoms with Crippen molar-refractivity contribution in [2.75, 3.05) is 7.05 Å². The summed E-state index contributed by atoms with van der Waals surface area (Å²) in [6.07, 6.45) is 8.34. The number of halogens is 1. The standard InChI is InChI=1S/C12H18ClNO/c1-14-11(9-5-3-2-4-6-9)10-7-8-15-12(10)13/h7-9,11,14H,2-6H2,1H3. The van der Waals surface area contributed by atoms with Crippen LogP contribution in [0.15, 0.2) is 16.7 Å². The summed E-state index contributed by atoms with van der Waals surface area (Å²) in [5.74, 6) is 0.707. The van der Waals surface area contributed by atoms with E-state index in [4.69, 9.17) is 16.0 Å². The van der Waals surface area contributed by atoms with Gasteiger partial charge in [0.2, 0.25) is 0 Å². The van der Waals surface area contributed by atoms with Crippen molar-refractivity contribution < 1.29 is 4.42 Å². The van der Waals surface area contributed by atoms with Gasteiger partial charge in [-0.15, -0.1) is 0 Å². The van der Waals surface area contributed by atoms with Gasteiger partial charge in [0, 0.05) is 11.6 Å². The fraction of sp³-hybridized carbons (Fsp3) is 0.667. The van der Waals surface area contributed by atoms with E-state index in [1.165, 1.54) is 32.1 Å². The Morgan fingerprint density at radius 1 is 1.40 bits per heavy atom. The first-order chi connectivity index (χ1) is 7.33. The summed E-state index contributed by atoms with van der Waals surface area (Å²) in [6, 6.07) is 2.34. The average molecular weight is 228 g/mol. The van der Waals surface area contributed by atoms with Crippen LogP contribution in [-0.2, 0) is 0 Å². The molecule has 0 radical (unpaired) electrons. The first-order valence-electron chi connectivity index (χ1n) is 5.73. The van der Waals surface area contributed by atoms with Crippen molar-refractivity contribution in [2.45, 2.75) is 38.1 Å². The van der Waals surface area contributed by atoms with E-state index in [2.05, 4.69) is 5.32 Å². The van der Waals surface area contributed by atoms with E-state index in [1.54, 1.807) is 6.26 Å². The van der Waals surface area contributed by atoms with Crippen LogP contribution in [0.2, 0.25) is 5.22 Å². The van der Waals surface area contributed by atoms with Crippen LogP contribution < -0.4 is 5.32 Å². The van der Waals surface area contributed by atoms with E-state index in [1.807, 2.05) is 13.1 Å². The van der Waals surface area contributed by atoms with Crippen LogP contribution in [0.3, 0.4) is 0 Å². The van der Waals surface area contributed by atoms with Crippen LogP contribution in [0.25, 0.3) is 0 Å². The lowest BCUT2D eigenvalue weighted by atomic mass is 9.82. The molecule has 1 heterocycles. The molecule has 1 N–H and O–H groups in total. The molecule has 1 saturated carbocycles. The second-order valence-corrected chi connectivity index (χ2v) is 4.66. The summed E-state index contributed by atoms with van der Waals surface area (Å²) < 4.78 is 5.16. The summed E-state index contributed by atoms with van der Waals surface area (Å²) in [5, 5.41) is 3.91. The fourth-order valence-corrected chi connectivity index (χ4v) is 2.87. The molecular weight excluding hydrogens is 210 g/mol. The summed E-state index contributed by atoms with van der Waals surface area (Å²) in [7, 11) is 2.00. The number of hydrogen-bond donors (Lipinski definition) is 1. The normalized spacial score (nSPS) is 20.4. The third-order valence-electron chi connectivity index (χ3n) is 3.41. The van der Waals surface area contributed by atoms with E-state index < -0.39 is 0 Å². The molecular formula is C12H18ClNO. The Morgan fingerprint density at radius 2 is 2.13 bits per heavy atom. The smallest absolute Gasteiger partial charge is 0.197 e. The van der Waals surface area contributed by atoms with Crippen molar-refractivity contribution in [1.29, 1.82) is 0 Å². The molecule has 0 amide bonds. The van der Waals surface area contributed by atoms with E-state index in [0.29, 0.717) is 17.2 Å². The SMILES string of the molecule is CNC(c1ccoc1Cl)C1CCCCC1. The maximum atomic E-state index is 6.03. The van der Waals surface area contributed by atoms with Gasteiger partial charge in [-0.3, -0.25) is 0 Å². The maximum Gasteiger partial charge on any atom is 0.197 e. The number of rotatable bonds is 3. The molecule has 1 aromatic heterocycles. The first-order valence-corrected chi connectivity index (χ1v) is 6.11. The Labute approximate surface area is 96.0 Å². The first kappa shape index (κ1) is 11.0. The number of hydrogen-bond acceptors (Lipinski definition) is 2. The van der Waals surface area contributed by atoms with Crippen LogP contribution in [0.4, 0.5) is 0 Å². The van der Waals surface area contributed by atoms with Crippen molar-refractivity contribution in [3.8, 4) is 0 Å². The van der Waals surface area contributed by atoms with Gasteiger partial charge >= 0.3 is 0 Å². The van der Waals surface area contributed by atoms with Crippen molar-refractivity contribution in [1.82, 2.24) is 5.32 Å². The van der Waals surface area contributed by atoms with Gasteiger partial charge in [0.05, 0.1) is 6.26 Å². The van der Waals surface area contributed by atoms with E-state index in [9.17, 15) is 0 Å². The molecule has 1 fully saturated rings. The van der Waals surface area contributed by atoms with E-state index >= 15 is 0 Å². The zero-order valence-electron chi connectivity index (χ0n) is 9.13. The largest absolute Gasteiger partial charge is 0.453 e. The van der Waals surface area contributed by atoms with E-state index in [-0.39, 0.29) is 0 Å². The zero-order chi connectivity index (χ0) is 10.7. The topological polar surface area (TPSA) is 25.2 Å². The second-order valence-electron chi connectivity index (χ2n) is 4.31. The van der Waals surface area contributed by atoms with Gasteiger partial charge in [-0.25, -0.2) is 0 Å². The quantitative estimate of drug-likeness (QED) is 0.851. The predicted molar refractivity (Wildman–Crippen MR) is 62.1 cm³/mol. The molecule has 0 aliphatic heterocycles. The lowest BCUT2D eigenvalue weighted by molar-refractivity contribution is 0.281. The molecule has 1 aromatic rings. The van der Waals surface area contributed by atoms with Gasteiger partial charge in [0.15, 0.2) is 5.22 Å². The molecule has 0 bridgehead atoms. The molecule has 1 aliphatic rings. The minimum atomic E-state index is 0.358. The van der Waals surface area contributed by atoms with E-state index in [0.717, 1.165) is 5.56 Å². The maximum absolute atomic E-state index is 6.03. The highest BCUT2D eigenvalue weighted by molar-refractivity contribution is 6.29. The Morgan fingerprint density at radius 3 is 2.67 bits per heavy atom. The number of furan rings is 1. The van der Waals surface area contributed by atoms with Crippen LogP contribution in [0.5, 0.6) is 0 Å². The summed E-state index contributed by atoms with van der Waals surface area (Å²) >= 11 is 6.03. The lowest BCUT2D eigenvalue weighted by Crippen LogP contribution is -2.26. The molecule has 1 atom stereocenters. The van der Waals surface area contributed by atoms with Gasteiger partial charge in [0.25, 0.3) is 0 Å². The third-order valence-corrected chi connectivity index (χ3v) is 3.72. The Kier molecular flexibility index (Phi) is 3.71. The summed E-state index contributed by atoms with van der Waals surface area (Å²) in [5.41, 5.74) is 1.12. The highest BCUT2D eigenvalue weighted by atomic mass is 35.5. The molecule has 3 heteroatoms. The minimum absolute atomic E-state index is 0.358. The molecule has 0 aromatic carbocycles. The van der Waals surface area contributed by atoms with Gasteiger partial charge in [-0.2, -0.15) is 0 Å². The van der Waals surface area contributed by atoms with Gasteiger partial charge in [-0.05, 0) is 43.5 Å². The van der Waals surface area contributed by atoms with Crippen LogP contribution in [-0.4, -0.2) is 7.05 Å². The Bertz CT molecular complexity index is 304. The van der Waals surface area contributed by atoms with Crippen LogP contribution in [0.1, 0.15) is 43.7 Å². The molecule has 1 unspecified atom stereocenters. The van der Waals surface area contributed by atoms with Crippen molar-refractivity contribution >= 4 is 11.6 Å². The second kappa shape index (κ2) is 5.04. The summed E-state index contributed by atoms with van der Waals surface area (Å²) in [4.78, 5) is 0. The van der Waals surface area contributed by atoms with Gasteiger partial charge in [0.1, 0.15) is 0 Å². The van der Waals surface area contributed by atoms with Crippen LogP contribution >= 0.6 is 11.6 Å². The van der Waals surface area contributed by atoms with Crippen molar-refractivity contribution in [3.63, 3.8) is 0 Å². The van der Waals surface area contributed by atoms with Crippen molar-refractivity contribution in [2.24, 2.45) is 5.92 Å². The molecule has 0 saturated heterocycles. The Balaban J connectivity index is 2.12. The molecule has 2 rings (SSSR count). The monoisotopic (exact) mass is 227 g/mol. The highest BCUT2D eigenvalue weighted by Gasteiger charge is 2.26. The number of nitrogens with one attached hydrogen (secondary N) is 1. The molecule has 15 heavy (non-hydrogen) atoms. The van der Waals surface area contributed by atoms with Gasteiger partial charge < -0.3 is 9.73 Å². The highest BCUT2D eigenvalue weighted by Crippen LogP contribution is 2.37. The third kappa shape index (κ3) is 2.37. The molecule has 2 nitrogen and oxygen atoms in total. The van der Waals surface area contributed by atoms with Gasteiger partial charge in [-0.1, -0.05) is 19.3 Å². The molecule has 84 valence electrons. The fourth-order valence-electron chi connectivity index (χ4n) is 2.64. The lowest BCUT2D eigenvalue weighted by Gasteiger charge is -2.29.